The van der Waals surface area contributed by atoms with Gasteiger partial charge in [0.05, 0.1) is 0 Å². The molecule has 3 aliphatic rings. The zero-order valence-electron chi connectivity index (χ0n) is 8.22. The standard InChI is InChI=1S/C12H14O2/c1-7(13)14-11-5-4-10-8-2-3-9(6-8)12(10)11/h2-5,8-12H,6H2,1H3/t8-,9+,10-,11?,12+/m0/s1. The molecule has 0 saturated heterocycles. The molecule has 1 saturated carbocycles. The Morgan fingerprint density at radius 2 is 2.00 bits per heavy atom. The molecule has 0 heterocycles. The van der Waals surface area contributed by atoms with E-state index in [9.17, 15) is 4.79 Å². The van der Waals surface area contributed by atoms with E-state index >= 15 is 0 Å². The lowest BCUT2D eigenvalue weighted by atomic mass is 9.84. The van der Waals surface area contributed by atoms with Crippen molar-refractivity contribution in [2.45, 2.75) is 19.4 Å². The maximum Gasteiger partial charge on any atom is 0.303 e. The molecule has 2 heteroatoms. The molecule has 0 radical (unpaired) electrons. The monoisotopic (exact) mass is 190 g/mol. The minimum Gasteiger partial charge on any atom is -0.458 e. The van der Waals surface area contributed by atoms with Crippen molar-refractivity contribution in [3.63, 3.8) is 0 Å². The van der Waals surface area contributed by atoms with Gasteiger partial charge in [-0.2, -0.15) is 0 Å². The molecule has 0 aromatic heterocycles. The lowest BCUT2D eigenvalue weighted by Crippen LogP contribution is -2.27. The van der Waals surface area contributed by atoms with Crippen LogP contribution in [0.25, 0.3) is 0 Å². The third-order valence-corrected chi connectivity index (χ3v) is 3.79. The molecule has 1 unspecified atom stereocenters. The van der Waals surface area contributed by atoms with Crippen LogP contribution in [0.3, 0.4) is 0 Å². The van der Waals surface area contributed by atoms with Crippen LogP contribution < -0.4 is 0 Å². The number of hydrogen-bond acceptors (Lipinski definition) is 2. The van der Waals surface area contributed by atoms with Gasteiger partial charge in [0.1, 0.15) is 6.10 Å². The molecule has 0 aromatic rings. The van der Waals surface area contributed by atoms with Crippen LogP contribution in [0.4, 0.5) is 0 Å². The highest BCUT2D eigenvalue weighted by Crippen LogP contribution is 2.53. The molecule has 5 atom stereocenters. The van der Waals surface area contributed by atoms with E-state index in [0.29, 0.717) is 23.7 Å². The molecule has 0 amide bonds. The fourth-order valence-electron chi connectivity index (χ4n) is 3.31. The maximum absolute atomic E-state index is 10.9. The molecule has 3 aliphatic carbocycles. The summed E-state index contributed by atoms with van der Waals surface area (Å²) >= 11 is 0. The van der Waals surface area contributed by atoms with Crippen molar-refractivity contribution in [3.05, 3.63) is 24.3 Å². The van der Waals surface area contributed by atoms with E-state index in [4.69, 9.17) is 4.74 Å². The number of hydrogen-bond donors (Lipinski definition) is 0. The van der Waals surface area contributed by atoms with Gasteiger partial charge in [-0.05, 0) is 30.3 Å². The molecule has 0 N–H and O–H groups in total. The van der Waals surface area contributed by atoms with Crippen LogP contribution in [0.1, 0.15) is 13.3 Å². The van der Waals surface area contributed by atoms with Gasteiger partial charge in [0.15, 0.2) is 0 Å². The molecule has 3 rings (SSSR count). The second-order valence-corrected chi connectivity index (χ2v) is 4.56. The van der Waals surface area contributed by atoms with Gasteiger partial charge in [-0.15, -0.1) is 0 Å². The topological polar surface area (TPSA) is 26.3 Å². The van der Waals surface area contributed by atoms with Crippen LogP contribution in [0.15, 0.2) is 24.3 Å². The van der Waals surface area contributed by atoms with Gasteiger partial charge in [-0.25, -0.2) is 0 Å². The van der Waals surface area contributed by atoms with Crippen molar-refractivity contribution >= 4 is 5.97 Å². The Balaban J connectivity index is 1.82. The van der Waals surface area contributed by atoms with E-state index in [2.05, 4.69) is 24.3 Å². The average Bonchev–Trinajstić information content (AvgIpc) is 2.74. The predicted octanol–water partition coefficient (Wildman–Crippen LogP) is 1.93. The Hall–Kier alpha value is -1.05. The summed E-state index contributed by atoms with van der Waals surface area (Å²) in [4.78, 5) is 10.9. The van der Waals surface area contributed by atoms with Crippen LogP contribution >= 0.6 is 0 Å². The van der Waals surface area contributed by atoms with Crippen molar-refractivity contribution in [2.75, 3.05) is 0 Å². The zero-order valence-corrected chi connectivity index (χ0v) is 8.22. The highest BCUT2D eigenvalue weighted by Gasteiger charge is 2.49. The summed E-state index contributed by atoms with van der Waals surface area (Å²) in [5.41, 5.74) is 0. The van der Waals surface area contributed by atoms with E-state index in [1.165, 1.54) is 13.3 Å². The van der Waals surface area contributed by atoms with E-state index < -0.39 is 0 Å². The fourth-order valence-corrected chi connectivity index (χ4v) is 3.31. The van der Waals surface area contributed by atoms with Crippen LogP contribution in [0, 0.1) is 23.7 Å². The molecular formula is C12H14O2. The molecule has 0 aliphatic heterocycles. The molecule has 1 fully saturated rings. The van der Waals surface area contributed by atoms with Gasteiger partial charge >= 0.3 is 5.97 Å². The molecule has 0 aromatic carbocycles. The summed E-state index contributed by atoms with van der Waals surface area (Å²) in [5, 5.41) is 0. The highest BCUT2D eigenvalue weighted by molar-refractivity contribution is 5.66. The summed E-state index contributed by atoms with van der Waals surface area (Å²) < 4.78 is 5.32. The van der Waals surface area contributed by atoms with Crippen molar-refractivity contribution in [2.24, 2.45) is 23.7 Å². The SMILES string of the molecule is CC(=O)OC1C=C[C@@H]2[C@H]1[C@@H]1C=C[C@H]2C1. The Morgan fingerprint density at radius 1 is 1.21 bits per heavy atom. The summed E-state index contributed by atoms with van der Waals surface area (Å²) in [6, 6.07) is 0. The van der Waals surface area contributed by atoms with E-state index in [-0.39, 0.29) is 12.1 Å². The molecule has 74 valence electrons. The highest BCUT2D eigenvalue weighted by atomic mass is 16.5. The molecule has 2 bridgehead atoms. The number of fused-ring (bicyclic) bond motifs is 5. The summed E-state index contributed by atoms with van der Waals surface area (Å²) in [6.07, 6.45) is 10.2. The second kappa shape index (κ2) is 2.72. The van der Waals surface area contributed by atoms with E-state index in [1.54, 1.807) is 0 Å². The number of esters is 1. The van der Waals surface area contributed by atoms with Crippen molar-refractivity contribution in [1.29, 1.82) is 0 Å². The molecule has 14 heavy (non-hydrogen) atoms. The van der Waals surface area contributed by atoms with Crippen LogP contribution in [-0.2, 0) is 9.53 Å². The number of carbonyl (C=O) groups excluding carboxylic acids is 1. The quantitative estimate of drug-likeness (QED) is 0.466. The maximum atomic E-state index is 10.9. The molecule has 0 spiro atoms. The molecular weight excluding hydrogens is 176 g/mol. The third kappa shape index (κ3) is 0.999. The fraction of sp³-hybridized carbons (Fsp3) is 0.583. The number of rotatable bonds is 1. The number of allylic oxidation sites excluding steroid dienone is 3. The first-order valence-corrected chi connectivity index (χ1v) is 5.29. The summed E-state index contributed by atoms with van der Waals surface area (Å²) in [7, 11) is 0. The van der Waals surface area contributed by atoms with Gasteiger partial charge in [0.25, 0.3) is 0 Å². The minimum absolute atomic E-state index is 0.0393. The van der Waals surface area contributed by atoms with E-state index in [0.717, 1.165) is 0 Å². The van der Waals surface area contributed by atoms with Gasteiger partial charge in [0, 0.05) is 12.8 Å². The normalized spacial score (nSPS) is 47.1. The van der Waals surface area contributed by atoms with Crippen molar-refractivity contribution in [1.82, 2.24) is 0 Å². The van der Waals surface area contributed by atoms with Gasteiger partial charge in [-0.3, -0.25) is 4.79 Å². The van der Waals surface area contributed by atoms with Crippen LogP contribution in [0.2, 0.25) is 0 Å². The lowest BCUT2D eigenvalue weighted by Gasteiger charge is -2.25. The minimum atomic E-state index is -0.160. The van der Waals surface area contributed by atoms with Crippen LogP contribution in [-0.4, -0.2) is 12.1 Å². The molecule has 2 nitrogen and oxygen atoms in total. The van der Waals surface area contributed by atoms with Gasteiger partial charge in [-0.1, -0.05) is 18.2 Å². The Morgan fingerprint density at radius 3 is 2.79 bits per heavy atom. The predicted molar refractivity (Wildman–Crippen MR) is 52.4 cm³/mol. The lowest BCUT2D eigenvalue weighted by molar-refractivity contribution is -0.146. The smallest absolute Gasteiger partial charge is 0.303 e. The summed E-state index contributed by atoms with van der Waals surface area (Å²) in [6.45, 7) is 1.49. The van der Waals surface area contributed by atoms with Gasteiger partial charge < -0.3 is 4.74 Å². The number of ether oxygens (including phenoxy) is 1. The second-order valence-electron chi connectivity index (χ2n) is 4.56. The number of carbonyl (C=O) groups is 1. The van der Waals surface area contributed by atoms with Crippen molar-refractivity contribution < 1.29 is 9.53 Å². The van der Waals surface area contributed by atoms with Gasteiger partial charge in [0.2, 0.25) is 0 Å². The first-order chi connectivity index (χ1) is 6.75. The van der Waals surface area contributed by atoms with Crippen LogP contribution in [0.5, 0.6) is 0 Å². The first kappa shape index (κ1) is 8.27. The zero-order chi connectivity index (χ0) is 9.71. The third-order valence-electron chi connectivity index (χ3n) is 3.79. The first-order valence-electron chi connectivity index (χ1n) is 5.29. The summed E-state index contributed by atoms with van der Waals surface area (Å²) in [5.74, 6) is 2.36. The Bertz CT molecular complexity index is 329. The van der Waals surface area contributed by atoms with Crippen molar-refractivity contribution in [3.8, 4) is 0 Å². The Kier molecular flexibility index (Phi) is 1.61. The van der Waals surface area contributed by atoms with E-state index in [1.807, 2.05) is 0 Å². The Labute approximate surface area is 83.6 Å². The average molecular weight is 190 g/mol. The largest absolute Gasteiger partial charge is 0.458 e.